The first kappa shape index (κ1) is 17.1. The van der Waals surface area contributed by atoms with Gasteiger partial charge in [-0.05, 0) is 23.6 Å². The van der Waals surface area contributed by atoms with Gasteiger partial charge in [-0.3, -0.25) is 19.5 Å². The number of hydrogen-bond acceptors (Lipinski definition) is 5. The Balaban J connectivity index is 1.79. The SMILES string of the molecule is Cc1c(-c2ccccc2)sc2ncn(Cc3cccc([N+](=O)[O-])c3)c(=O)c12. The summed E-state index contributed by atoms with van der Waals surface area (Å²) in [5.41, 5.74) is 2.52. The van der Waals surface area contributed by atoms with Gasteiger partial charge in [0.25, 0.3) is 11.2 Å². The third kappa shape index (κ3) is 3.13. The van der Waals surface area contributed by atoms with Gasteiger partial charge in [0, 0.05) is 17.0 Å². The summed E-state index contributed by atoms with van der Waals surface area (Å²) in [7, 11) is 0. The predicted octanol–water partition coefficient (Wildman–Crippen LogP) is 4.39. The van der Waals surface area contributed by atoms with E-state index in [1.165, 1.54) is 34.4 Å². The first-order valence-electron chi connectivity index (χ1n) is 8.32. The Labute approximate surface area is 158 Å². The number of benzene rings is 2. The second kappa shape index (κ2) is 6.77. The van der Waals surface area contributed by atoms with Crippen LogP contribution in [0.5, 0.6) is 0 Å². The second-order valence-electron chi connectivity index (χ2n) is 6.21. The van der Waals surface area contributed by atoms with E-state index in [0.717, 1.165) is 16.0 Å². The molecule has 0 saturated carbocycles. The van der Waals surface area contributed by atoms with Crippen LogP contribution >= 0.6 is 11.3 Å². The molecule has 4 aromatic rings. The van der Waals surface area contributed by atoms with Gasteiger partial charge in [0.1, 0.15) is 4.83 Å². The molecule has 0 fully saturated rings. The van der Waals surface area contributed by atoms with Crippen LogP contribution in [0.1, 0.15) is 11.1 Å². The van der Waals surface area contributed by atoms with Gasteiger partial charge < -0.3 is 0 Å². The maximum atomic E-state index is 13.0. The Morgan fingerprint density at radius 1 is 1.15 bits per heavy atom. The molecule has 6 nitrogen and oxygen atoms in total. The molecule has 0 aliphatic heterocycles. The highest BCUT2D eigenvalue weighted by atomic mass is 32.1. The largest absolute Gasteiger partial charge is 0.294 e. The van der Waals surface area contributed by atoms with Crippen LogP contribution in [0.3, 0.4) is 0 Å². The van der Waals surface area contributed by atoms with E-state index >= 15 is 0 Å². The molecule has 0 aliphatic rings. The summed E-state index contributed by atoms with van der Waals surface area (Å²) in [5, 5.41) is 11.6. The van der Waals surface area contributed by atoms with Crippen molar-refractivity contribution in [2.45, 2.75) is 13.5 Å². The number of fused-ring (bicyclic) bond motifs is 1. The number of nitro benzene ring substituents is 1. The van der Waals surface area contributed by atoms with Gasteiger partial charge in [0.05, 0.1) is 23.2 Å². The summed E-state index contributed by atoms with van der Waals surface area (Å²) >= 11 is 1.50. The summed E-state index contributed by atoms with van der Waals surface area (Å²) in [6, 6.07) is 16.2. The van der Waals surface area contributed by atoms with Crippen LogP contribution in [0.15, 0.2) is 65.7 Å². The highest BCUT2D eigenvalue weighted by molar-refractivity contribution is 7.22. The van der Waals surface area contributed by atoms with Crippen LogP contribution < -0.4 is 5.56 Å². The Bertz CT molecular complexity index is 1210. The lowest BCUT2D eigenvalue weighted by molar-refractivity contribution is -0.384. The maximum absolute atomic E-state index is 13.0. The van der Waals surface area contributed by atoms with E-state index in [9.17, 15) is 14.9 Å². The molecule has 134 valence electrons. The zero-order chi connectivity index (χ0) is 19.0. The Kier molecular flexibility index (Phi) is 4.29. The average molecular weight is 377 g/mol. The fourth-order valence-electron chi connectivity index (χ4n) is 3.10. The number of thiophene rings is 1. The summed E-state index contributed by atoms with van der Waals surface area (Å²) in [6.45, 7) is 2.17. The minimum atomic E-state index is -0.442. The van der Waals surface area contributed by atoms with Gasteiger partial charge in [0.15, 0.2) is 0 Å². The molecule has 2 heterocycles. The van der Waals surface area contributed by atoms with E-state index in [0.29, 0.717) is 15.8 Å². The fraction of sp³-hybridized carbons (Fsp3) is 0.100. The molecule has 0 radical (unpaired) electrons. The van der Waals surface area contributed by atoms with Gasteiger partial charge in [-0.25, -0.2) is 4.98 Å². The van der Waals surface area contributed by atoms with Gasteiger partial charge in [-0.2, -0.15) is 0 Å². The van der Waals surface area contributed by atoms with E-state index in [1.54, 1.807) is 12.1 Å². The number of nitrogens with zero attached hydrogens (tertiary/aromatic N) is 3. The van der Waals surface area contributed by atoms with E-state index in [2.05, 4.69) is 4.98 Å². The summed E-state index contributed by atoms with van der Waals surface area (Å²) < 4.78 is 1.50. The highest BCUT2D eigenvalue weighted by Gasteiger charge is 2.16. The maximum Gasteiger partial charge on any atom is 0.269 e. The van der Waals surface area contributed by atoms with E-state index in [1.807, 2.05) is 37.3 Å². The minimum absolute atomic E-state index is 0.00710. The van der Waals surface area contributed by atoms with Crippen LogP contribution in [-0.2, 0) is 6.54 Å². The molecule has 0 aliphatic carbocycles. The minimum Gasteiger partial charge on any atom is -0.294 e. The van der Waals surface area contributed by atoms with Crippen LogP contribution in [-0.4, -0.2) is 14.5 Å². The lowest BCUT2D eigenvalue weighted by Crippen LogP contribution is -2.21. The molecule has 0 spiro atoms. The van der Waals surface area contributed by atoms with E-state index in [4.69, 9.17) is 0 Å². The molecule has 0 atom stereocenters. The van der Waals surface area contributed by atoms with Crippen LogP contribution in [0.25, 0.3) is 20.7 Å². The van der Waals surface area contributed by atoms with Crippen LogP contribution in [0, 0.1) is 17.0 Å². The number of aromatic nitrogens is 2. The molecule has 4 rings (SSSR count). The van der Waals surface area contributed by atoms with Crippen molar-refractivity contribution in [2.75, 3.05) is 0 Å². The lowest BCUT2D eigenvalue weighted by Gasteiger charge is -2.06. The van der Waals surface area contributed by atoms with Crippen molar-refractivity contribution < 1.29 is 4.92 Å². The molecule has 0 N–H and O–H groups in total. The molecule has 2 aromatic heterocycles. The van der Waals surface area contributed by atoms with E-state index < -0.39 is 4.92 Å². The molecule has 0 bridgehead atoms. The monoisotopic (exact) mass is 377 g/mol. The fourth-order valence-corrected chi connectivity index (χ4v) is 4.25. The molecular weight excluding hydrogens is 362 g/mol. The van der Waals surface area contributed by atoms with Crippen molar-refractivity contribution in [3.8, 4) is 10.4 Å². The molecule has 0 amide bonds. The van der Waals surface area contributed by atoms with Gasteiger partial charge in [-0.1, -0.05) is 42.5 Å². The van der Waals surface area contributed by atoms with Crippen molar-refractivity contribution in [1.82, 2.24) is 9.55 Å². The van der Waals surface area contributed by atoms with Crippen molar-refractivity contribution in [3.05, 3.63) is 92.5 Å². The molecule has 7 heteroatoms. The first-order valence-corrected chi connectivity index (χ1v) is 9.13. The molecule has 27 heavy (non-hydrogen) atoms. The molecule has 2 aromatic carbocycles. The normalized spacial score (nSPS) is 11.0. The molecule has 0 unspecified atom stereocenters. The van der Waals surface area contributed by atoms with E-state index in [-0.39, 0.29) is 17.8 Å². The number of rotatable bonds is 4. The van der Waals surface area contributed by atoms with Crippen molar-refractivity contribution in [1.29, 1.82) is 0 Å². The van der Waals surface area contributed by atoms with Crippen molar-refractivity contribution >= 4 is 27.2 Å². The zero-order valence-electron chi connectivity index (χ0n) is 14.5. The third-order valence-corrected chi connectivity index (χ3v) is 5.68. The van der Waals surface area contributed by atoms with Crippen molar-refractivity contribution in [3.63, 3.8) is 0 Å². The Hall–Kier alpha value is -3.32. The highest BCUT2D eigenvalue weighted by Crippen LogP contribution is 2.35. The summed E-state index contributed by atoms with van der Waals surface area (Å²) in [4.78, 5) is 29.7. The van der Waals surface area contributed by atoms with Crippen LogP contribution in [0.4, 0.5) is 5.69 Å². The Morgan fingerprint density at radius 3 is 2.67 bits per heavy atom. The zero-order valence-corrected chi connectivity index (χ0v) is 15.3. The third-order valence-electron chi connectivity index (χ3n) is 4.43. The summed E-state index contributed by atoms with van der Waals surface area (Å²) in [6.07, 6.45) is 1.51. The predicted molar refractivity (Wildman–Crippen MR) is 106 cm³/mol. The summed E-state index contributed by atoms with van der Waals surface area (Å²) in [5.74, 6) is 0. The van der Waals surface area contributed by atoms with Crippen LogP contribution in [0.2, 0.25) is 0 Å². The van der Waals surface area contributed by atoms with Gasteiger partial charge >= 0.3 is 0 Å². The molecule has 0 saturated heterocycles. The topological polar surface area (TPSA) is 78.0 Å². The average Bonchev–Trinajstić information content (AvgIpc) is 3.02. The number of nitro groups is 1. The first-order chi connectivity index (χ1) is 13.0. The number of aryl methyl sites for hydroxylation is 1. The number of hydrogen-bond donors (Lipinski definition) is 0. The second-order valence-corrected chi connectivity index (χ2v) is 7.21. The quantitative estimate of drug-likeness (QED) is 0.390. The Morgan fingerprint density at radius 2 is 1.93 bits per heavy atom. The van der Waals surface area contributed by atoms with Crippen molar-refractivity contribution in [2.24, 2.45) is 0 Å². The lowest BCUT2D eigenvalue weighted by atomic mass is 10.1. The smallest absolute Gasteiger partial charge is 0.269 e. The number of non-ortho nitro benzene ring substituents is 1. The van der Waals surface area contributed by atoms with Gasteiger partial charge in [0.2, 0.25) is 0 Å². The van der Waals surface area contributed by atoms with Gasteiger partial charge in [-0.15, -0.1) is 11.3 Å². The standard InChI is InChI=1S/C20H15N3O3S/c1-13-17-19(27-18(13)15-7-3-2-4-8-15)21-12-22(20(17)24)11-14-6-5-9-16(10-14)23(25)26/h2-10,12H,11H2,1H3. The molecular formula is C20H15N3O3S.